The highest BCUT2D eigenvalue weighted by Crippen LogP contribution is 2.44. The predicted molar refractivity (Wildman–Crippen MR) is 118 cm³/mol. The van der Waals surface area contributed by atoms with Crippen molar-refractivity contribution in [1.29, 1.82) is 0 Å². The number of anilines is 1. The third-order valence-electron chi connectivity index (χ3n) is 5.30. The topological polar surface area (TPSA) is 66.8 Å². The Balaban J connectivity index is 1.93. The molecule has 1 saturated heterocycles. The number of hydrogen-bond donors (Lipinski definition) is 1. The molecule has 5 nitrogen and oxygen atoms in total. The van der Waals surface area contributed by atoms with Crippen LogP contribution in [0.3, 0.4) is 0 Å². The van der Waals surface area contributed by atoms with Crippen LogP contribution in [-0.2, 0) is 9.59 Å². The van der Waals surface area contributed by atoms with Crippen molar-refractivity contribution in [2.75, 3.05) is 12.0 Å². The van der Waals surface area contributed by atoms with Crippen molar-refractivity contribution in [1.82, 2.24) is 0 Å². The Kier molecular flexibility index (Phi) is 5.18. The standard InChI is InChI=1S/C24H21NO4S/c1-14-7-4-5-8-17(14)25-21(19-9-6-12-30-19)20(23(27)24(25)28)22(26)16-10-11-18(29-3)15(2)13-16/h4-13,21,26H,1-3H3/b22-20-. The molecule has 0 radical (unpaired) electrons. The summed E-state index contributed by atoms with van der Waals surface area (Å²) in [6.45, 7) is 3.76. The number of ether oxygens (including phenoxy) is 1. The van der Waals surface area contributed by atoms with E-state index in [9.17, 15) is 14.7 Å². The van der Waals surface area contributed by atoms with Crippen molar-refractivity contribution >= 4 is 34.5 Å². The van der Waals surface area contributed by atoms with E-state index in [-0.39, 0.29) is 11.3 Å². The van der Waals surface area contributed by atoms with Gasteiger partial charge in [-0.05, 0) is 60.7 Å². The maximum atomic E-state index is 13.1. The summed E-state index contributed by atoms with van der Waals surface area (Å²) >= 11 is 1.44. The molecule has 0 spiro atoms. The largest absolute Gasteiger partial charge is 0.507 e. The fourth-order valence-corrected chi connectivity index (χ4v) is 4.64. The summed E-state index contributed by atoms with van der Waals surface area (Å²) in [5, 5.41) is 13.0. The predicted octanol–water partition coefficient (Wildman–Crippen LogP) is 5.00. The van der Waals surface area contributed by atoms with Crippen LogP contribution in [0.1, 0.15) is 27.6 Å². The van der Waals surface area contributed by atoms with Crippen LogP contribution in [0.2, 0.25) is 0 Å². The number of amides is 1. The first-order chi connectivity index (χ1) is 14.4. The van der Waals surface area contributed by atoms with Crippen molar-refractivity contribution in [2.24, 2.45) is 0 Å². The molecule has 0 bridgehead atoms. The summed E-state index contributed by atoms with van der Waals surface area (Å²) in [4.78, 5) is 28.5. The number of thiophene rings is 1. The summed E-state index contributed by atoms with van der Waals surface area (Å²) in [5.41, 5.74) is 2.92. The molecule has 1 N–H and O–H groups in total. The SMILES string of the molecule is COc1ccc(/C(O)=C2/C(=O)C(=O)N(c3ccccc3C)C2c2cccs2)cc1C. The fourth-order valence-electron chi connectivity index (χ4n) is 3.81. The van der Waals surface area contributed by atoms with E-state index in [0.717, 1.165) is 16.0 Å². The third kappa shape index (κ3) is 3.19. The number of para-hydroxylation sites is 1. The van der Waals surface area contributed by atoms with Gasteiger partial charge in [-0.2, -0.15) is 0 Å². The molecule has 30 heavy (non-hydrogen) atoms. The molecular weight excluding hydrogens is 398 g/mol. The maximum Gasteiger partial charge on any atom is 0.300 e. The molecule has 1 aromatic heterocycles. The average molecular weight is 420 g/mol. The van der Waals surface area contributed by atoms with Crippen LogP contribution in [0, 0.1) is 13.8 Å². The molecule has 2 aromatic carbocycles. The van der Waals surface area contributed by atoms with Crippen LogP contribution in [-0.4, -0.2) is 23.9 Å². The molecule has 4 rings (SSSR count). The second kappa shape index (κ2) is 7.80. The number of Topliss-reactive ketones (excluding diaryl/α,β-unsaturated/α-hetero) is 1. The molecule has 6 heteroatoms. The molecule has 1 aliphatic rings. The van der Waals surface area contributed by atoms with Crippen LogP contribution < -0.4 is 9.64 Å². The van der Waals surface area contributed by atoms with E-state index >= 15 is 0 Å². The molecule has 1 amide bonds. The minimum atomic E-state index is -0.692. The number of nitrogens with zero attached hydrogens (tertiary/aromatic N) is 1. The molecule has 1 fully saturated rings. The molecule has 3 aromatic rings. The Morgan fingerprint density at radius 1 is 1.03 bits per heavy atom. The Morgan fingerprint density at radius 3 is 2.43 bits per heavy atom. The summed E-state index contributed by atoms with van der Waals surface area (Å²) in [7, 11) is 1.58. The van der Waals surface area contributed by atoms with Crippen LogP contribution in [0.5, 0.6) is 5.75 Å². The van der Waals surface area contributed by atoms with Gasteiger partial charge in [-0.3, -0.25) is 14.5 Å². The van der Waals surface area contributed by atoms with E-state index in [1.54, 1.807) is 25.3 Å². The zero-order valence-electron chi connectivity index (χ0n) is 16.9. The summed E-state index contributed by atoms with van der Waals surface area (Å²) in [6.07, 6.45) is 0. The first-order valence-corrected chi connectivity index (χ1v) is 10.4. The van der Waals surface area contributed by atoms with Crippen LogP contribution in [0.25, 0.3) is 5.76 Å². The lowest BCUT2D eigenvalue weighted by Crippen LogP contribution is -2.29. The number of methoxy groups -OCH3 is 1. The van der Waals surface area contributed by atoms with E-state index in [1.807, 2.05) is 55.6 Å². The monoisotopic (exact) mass is 419 g/mol. The van der Waals surface area contributed by atoms with Crippen LogP contribution in [0.4, 0.5) is 5.69 Å². The van der Waals surface area contributed by atoms with Gasteiger partial charge in [-0.15, -0.1) is 11.3 Å². The first-order valence-electron chi connectivity index (χ1n) is 9.49. The lowest BCUT2D eigenvalue weighted by Gasteiger charge is -2.25. The van der Waals surface area contributed by atoms with E-state index in [1.165, 1.54) is 16.2 Å². The number of aliphatic hydroxyl groups is 1. The van der Waals surface area contributed by atoms with Gasteiger partial charge >= 0.3 is 0 Å². The molecule has 0 saturated carbocycles. The molecule has 0 aliphatic carbocycles. The number of aliphatic hydroxyl groups excluding tert-OH is 1. The van der Waals surface area contributed by atoms with Gasteiger partial charge in [0.1, 0.15) is 17.6 Å². The Bertz CT molecular complexity index is 1160. The number of aryl methyl sites for hydroxylation is 2. The molecule has 1 atom stereocenters. The highest BCUT2D eigenvalue weighted by Gasteiger charge is 2.47. The number of carbonyl (C=O) groups excluding carboxylic acids is 2. The highest BCUT2D eigenvalue weighted by atomic mass is 32.1. The van der Waals surface area contributed by atoms with Gasteiger partial charge in [0.05, 0.1) is 12.7 Å². The molecular formula is C24H21NO4S. The lowest BCUT2D eigenvalue weighted by atomic mass is 9.98. The zero-order chi connectivity index (χ0) is 21.4. The Labute approximate surface area is 178 Å². The van der Waals surface area contributed by atoms with E-state index in [0.29, 0.717) is 17.0 Å². The van der Waals surface area contributed by atoms with Crippen molar-refractivity contribution < 1.29 is 19.4 Å². The summed E-state index contributed by atoms with van der Waals surface area (Å²) in [5.74, 6) is -0.840. The van der Waals surface area contributed by atoms with Gasteiger partial charge < -0.3 is 9.84 Å². The minimum absolute atomic E-state index is 0.0928. The average Bonchev–Trinajstić information content (AvgIpc) is 3.35. The van der Waals surface area contributed by atoms with E-state index in [4.69, 9.17) is 4.74 Å². The number of rotatable bonds is 4. The quantitative estimate of drug-likeness (QED) is 0.367. The summed E-state index contributed by atoms with van der Waals surface area (Å²) in [6, 6.07) is 15.7. The minimum Gasteiger partial charge on any atom is -0.507 e. The smallest absolute Gasteiger partial charge is 0.300 e. The number of ketones is 1. The highest BCUT2D eigenvalue weighted by molar-refractivity contribution is 7.10. The van der Waals surface area contributed by atoms with Crippen molar-refractivity contribution in [3.05, 3.63) is 87.1 Å². The normalized spacial score (nSPS) is 18.1. The van der Waals surface area contributed by atoms with Crippen LogP contribution >= 0.6 is 11.3 Å². The second-order valence-corrected chi connectivity index (χ2v) is 8.13. The van der Waals surface area contributed by atoms with Gasteiger partial charge in [-0.25, -0.2) is 0 Å². The molecule has 1 aliphatic heterocycles. The van der Waals surface area contributed by atoms with Gasteiger partial charge in [0, 0.05) is 16.1 Å². The Hall–Kier alpha value is -3.38. The Morgan fingerprint density at radius 2 is 1.80 bits per heavy atom. The number of carbonyl (C=O) groups is 2. The summed E-state index contributed by atoms with van der Waals surface area (Å²) < 4.78 is 5.29. The van der Waals surface area contributed by atoms with Gasteiger partial charge in [0.25, 0.3) is 11.7 Å². The van der Waals surface area contributed by atoms with Crippen LogP contribution in [0.15, 0.2) is 65.6 Å². The van der Waals surface area contributed by atoms with E-state index in [2.05, 4.69) is 0 Å². The molecule has 152 valence electrons. The van der Waals surface area contributed by atoms with E-state index < -0.39 is 17.7 Å². The fraction of sp³-hybridized carbons (Fsp3) is 0.167. The third-order valence-corrected chi connectivity index (χ3v) is 6.23. The maximum absolute atomic E-state index is 13.1. The molecule has 2 heterocycles. The first kappa shape index (κ1) is 19.9. The van der Waals surface area contributed by atoms with Crippen molar-refractivity contribution in [3.63, 3.8) is 0 Å². The van der Waals surface area contributed by atoms with Gasteiger partial charge in [0.2, 0.25) is 0 Å². The second-order valence-electron chi connectivity index (χ2n) is 7.16. The zero-order valence-corrected chi connectivity index (χ0v) is 17.7. The molecule has 1 unspecified atom stereocenters. The van der Waals surface area contributed by atoms with Crippen molar-refractivity contribution in [2.45, 2.75) is 19.9 Å². The van der Waals surface area contributed by atoms with Crippen molar-refractivity contribution in [3.8, 4) is 5.75 Å². The number of benzene rings is 2. The lowest BCUT2D eigenvalue weighted by molar-refractivity contribution is -0.132. The van der Waals surface area contributed by atoms with Gasteiger partial charge in [0.15, 0.2) is 0 Å². The van der Waals surface area contributed by atoms with Gasteiger partial charge in [-0.1, -0.05) is 24.3 Å². The number of hydrogen-bond acceptors (Lipinski definition) is 5.